The topological polar surface area (TPSA) is 79.7 Å². The van der Waals surface area contributed by atoms with Gasteiger partial charge in [0.15, 0.2) is 0 Å². The number of hydrogen-bond acceptors (Lipinski definition) is 5. The summed E-state index contributed by atoms with van der Waals surface area (Å²) in [5, 5.41) is 10.4. The summed E-state index contributed by atoms with van der Waals surface area (Å²) in [6, 6.07) is 8.79. The molecule has 1 aliphatic heterocycles. The Morgan fingerprint density at radius 3 is 2.86 bits per heavy atom. The number of hydrogen-bond donors (Lipinski definition) is 1. The van der Waals surface area contributed by atoms with Gasteiger partial charge in [-0.3, -0.25) is 4.79 Å². The second kappa shape index (κ2) is 7.79. The van der Waals surface area contributed by atoms with Crippen LogP contribution in [0.4, 0.5) is 4.39 Å². The van der Waals surface area contributed by atoms with Crippen LogP contribution in [0.25, 0.3) is 11.3 Å². The maximum atomic E-state index is 14.4. The van der Waals surface area contributed by atoms with Crippen molar-refractivity contribution < 1.29 is 23.8 Å². The highest BCUT2D eigenvalue weighted by Crippen LogP contribution is 2.24. The van der Waals surface area contributed by atoms with E-state index in [2.05, 4.69) is 16.8 Å². The molecule has 1 fully saturated rings. The van der Waals surface area contributed by atoms with E-state index in [1.165, 1.54) is 29.2 Å². The van der Waals surface area contributed by atoms with Gasteiger partial charge in [0.25, 0.3) is 5.91 Å². The number of ether oxygens (including phenoxy) is 1. The summed E-state index contributed by atoms with van der Waals surface area (Å²) in [5.41, 5.74) is -0.840. The number of likely N-dealkylation sites (N-methyl/N-ethyl adjacent to an activating group) is 1. The van der Waals surface area contributed by atoms with Crippen LogP contribution in [0.15, 0.2) is 36.4 Å². The molecule has 7 heteroatoms. The van der Waals surface area contributed by atoms with Crippen molar-refractivity contribution in [1.29, 1.82) is 0 Å². The van der Waals surface area contributed by atoms with Crippen LogP contribution in [-0.2, 0) is 9.53 Å². The van der Waals surface area contributed by atoms with Crippen LogP contribution < -0.4 is 0 Å². The van der Waals surface area contributed by atoms with E-state index >= 15 is 0 Å². The second-order valence-corrected chi connectivity index (χ2v) is 6.41. The molecule has 28 heavy (non-hydrogen) atoms. The quantitative estimate of drug-likeness (QED) is 0.649. The van der Waals surface area contributed by atoms with Gasteiger partial charge in [-0.1, -0.05) is 17.9 Å². The molecule has 0 radical (unpaired) electrons. The van der Waals surface area contributed by atoms with Crippen molar-refractivity contribution in [3.63, 3.8) is 0 Å². The van der Waals surface area contributed by atoms with Crippen LogP contribution >= 0.6 is 0 Å². The number of likely N-dealkylation sites (tertiary alicyclic amines) is 1. The fraction of sp³-hybridized carbons (Fsp3) is 0.286. The summed E-state index contributed by atoms with van der Waals surface area (Å²) in [4.78, 5) is 29.4. The van der Waals surface area contributed by atoms with Gasteiger partial charge in [-0.2, -0.15) is 0 Å². The number of rotatable bonds is 3. The summed E-state index contributed by atoms with van der Waals surface area (Å²) in [6.45, 7) is 2.31. The third kappa shape index (κ3) is 3.87. The first-order chi connectivity index (χ1) is 13.3. The average molecular weight is 382 g/mol. The Morgan fingerprint density at radius 1 is 1.39 bits per heavy atom. The van der Waals surface area contributed by atoms with Crippen molar-refractivity contribution in [2.75, 3.05) is 20.2 Å². The summed E-state index contributed by atoms with van der Waals surface area (Å²) in [6.07, 6.45) is 0.215. The Bertz CT molecular complexity index is 995. The highest BCUT2D eigenvalue weighted by molar-refractivity contribution is 5.90. The number of pyridine rings is 1. The minimum atomic E-state index is -1.73. The molecule has 1 atom stereocenters. The van der Waals surface area contributed by atoms with Crippen molar-refractivity contribution in [3.8, 4) is 23.1 Å². The van der Waals surface area contributed by atoms with Gasteiger partial charge < -0.3 is 14.7 Å². The smallest absolute Gasteiger partial charge is 0.356 e. The molecule has 6 nitrogen and oxygen atoms in total. The molecule has 0 unspecified atom stereocenters. The van der Waals surface area contributed by atoms with E-state index in [1.807, 2.05) is 0 Å². The molecule has 1 aromatic heterocycles. The first-order valence-electron chi connectivity index (χ1n) is 8.79. The zero-order chi connectivity index (χ0) is 20.3. The predicted octanol–water partition coefficient (Wildman–Crippen LogP) is 2.01. The zero-order valence-electron chi connectivity index (χ0n) is 15.5. The fourth-order valence-electron chi connectivity index (χ4n) is 2.85. The van der Waals surface area contributed by atoms with E-state index in [9.17, 15) is 19.1 Å². The zero-order valence-corrected chi connectivity index (χ0v) is 15.5. The van der Waals surface area contributed by atoms with Gasteiger partial charge in [0.05, 0.1) is 12.3 Å². The molecule has 2 aromatic rings. The van der Waals surface area contributed by atoms with Gasteiger partial charge in [0, 0.05) is 31.1 Å². The summed E-state index contributed by atoms with van der Waals surface area (Å²) in [7, 11) is 1.60. The van der Waals surface area contributed by atoms with Gasteiger partial charge in [-0.15, -0.1) is 0 Å². The molecule has 0 aliphatic carbocycles. The van der Waals surface area contributed by atoms with Gasteiger partial charge in [-0.05, 0) is 37.3 Å². The molecule has 144 valence electrons. The Labute approximate surface area is 162 Å². The third-order valence-corrected chi connectivity index (χ3v) is 4.40. The molecule has 0 bridgehead atoms. The maximum Gasteiger partial charge on any atom is 0.356 e. The van der Waals surface area contributed by atoms with Crippen LogP contribution in [0.1, 0.15) is 29.4 Å². The van der Waals surface area contributed by atoms with E-state index < -0.39 is 23.3 Å². The van der Waals surface area contributed by atoms with Crippen molar-refractivity contribution in [3.05, 3.63) is 53.5 Å². The largest absolute Gasteiger partial charge is 0.461 e. The molecular weight excluding hydrogens is 363 g/mol. The number of aromatic nitrogens is 1. The molecule has 1 aliphatic rings. The lowest BCUT2D eigenvalue weighted by atomic mass is 10.0. The number of halogens is 1. The highest BCUT2D eigenvalue weighted by Gasteiger charge is 2.42. The van der Waals surface area contributed by atoms with E-state index in [0.29, 0.717) is 12.1 Å². The Hall–Kier alpha value is -3.24. The van der Waals surface area contributed by atoms with Crippen molar-refractivity contribution in [2.45, 2.75) is 18.9 Å². The molecule has 0 spiro atoms. The van der Waals surface area contributed by atoms with Crippen molar-refractivity contribution >= 4 is 11.9 Å². The van der Waals surface area contributed by atoms with Crippen molar-refractivity contribution in [1.82, 2.24) is 9.88 Å². The standard InChI is InChI=1S/C21H19FN2O4/c1-3-28-19(25)18-6-4-5-17(23-18)15-13-14(7-8-16(15)22)9-10-21(27)11-12-24(2)20(21)26/h4-8,13,27H,3,11-12H2,1-2H3/t21-/m0/s1. The van der Waals surface area contributed by atoms with Crippen LogP contribution in [0.2, 0.25) is 0 Å². The van der Waals surface area contributed by atoms with Crippen LogP contribution in [0.5, 0.6) is 0 Å². The summed E-state index contributed by atoms with van der Waals surface area (Å²) in [5.74, 6) is 3.76. The number of carbonyl (C=O) groups is 2. The van der Waals surface area contributed by atoms with Gasteiger partial charge in [-0.25, -0.2) is 14.2 Å². The molecule has 2 heterocycles. The van der Waals surface area contributed by atoms with Gasteiger partial charge in [0.1, 0.15) is 11.5 Å². The first-order valence-corrected chi connectivity index (χ1v) is 8.79. The number of esters is 1. The monoisotopic (exact) mass is 382 g/mol. The lowest BCUT2D eigenvalue weighted by Crippen LogP contribution is -2.37. The number of benzene rings is 1. The van der Waals surface area contributed by atoms with E-state index in [4.69, 9.17) is 4.74 Å². The minimum absolute atomic E-state index is 0.0733. The van der Waals surface area contributed by atoms with Crippen LogP contribution in [0, 0.1) is 17.7 Å². The molecule has 1 N–H and O–H groups in total. The lowest BCUT2D eigenvalue weighted by Gasteiger charge is -2.13. The highest BCUT2D eigenvalue weighted by atomic mass is 19.1. The summed E-state index contributed by atoms with van der Waals surface area (Å²) < 4.78 is 19.3. The number of aliphatic hydroxyl groups is 1. The van der Waals surface area contributed by atoms with Gasteiger partial charge >= 0.3 is 5.97 Å². The normalized spacial score (nSPS) is 18.6. The van der Waals surface area contributed by atoms with Crippen LogP contribution in [0.3, 0.4) is 0 Å². The Balaban J connectivity index is 1.94. The maximum absolute atomic E-state index is 14.4. The molecule has 3 rings (SSSR count). The first kappa shape index (κ1) is 19.5. The average Bonchev–Trinajstić information content (AvgIpc) is 2.95. The van der Waals surface area contributed by atoms with Crippen molar-refractivity contribution in [2.24, 2.45) is 0 Å². The number of nitrogens with zero attached hydrogens (tertiary/aromatic N) is 2. The predicted molar refractivity (Wildman–Crippen MR) is 99.7 cm³/mol. The Morgan fingerprint density at radius 2 is 2.18 bits per heavy atom. The molecule has 1 aromatic carbocycles. The lowest BCUT2D eigenvalue weighted by molar-refractivity contribution is -0.137. The molecular formula is C21H19FN2O4. The SMILES string of the molecule is CCOC(=O)c1cccc(-c2cc(C#C[C@]3(O)CCN(C)C3=O)ccc2F)n1. The third-order valence-electron chi connectivity index (χ3n) is 4.40. The number of carbonyl (C=O) groups excluding carboxylic acids is 2. The fourth-order valence-corrected chi connectivity index (χ4v) is 2.85. The van der Waals surface area contributed by atoms with Crippen LogP contribution in [-0.4, -0.2) is 52.7 Å². The van der Waals surface area contributed by atoms with E-state index in [0.717, 1.165) is 0 Å². The van der Waals surface area contributed by atoms with E-state index in [-0.39, 0.29) is 30.0 Å². The van der Waals surface area contributed by atoms with E-state index in [1.54, 1.807) is 26.1 Å². The summed E-state index contributed by atoms with van der Waals surface area (Å²) >= 11 is 0. The minimum Gasteiger partial charge on any atom is -0.461 e. The molecule has 1 saturated heterocycles. The second-order valence-electron chi connectivity index (χ2n) is 6.41. The Kier molecular flexibility index (Phi) is 5.43. The number of amides is 1. The molecule has 1 amide bonds. The molecule has 0 saturated carbocycles. The van der Waals surface area contributed by atoms with Gasteiger partial charge in [0.2, 0.25) is 5.60 Å².